The van der Waals surface area contributed by atoms with Crippen LogP contribution in [0.3, 0.4) is 0 Å². The summed E-state index contributed by atoms with van der Waals surface area (Å²) in [5.74, 6) is 0.619. The highest BCUT2D eigenvalue weighted by Gasteiger charge is 2.16. The third-order valence-electron chi connectivity index (χ3n) is 5.32. The van der Waals surface area contributed by atoms with Crippen molar-refractivity contribution in [3.8, 4) is 23.3 Å². The molecule has 3 aromatic carbocycles. The lowest BCUT2D eigenvalue weighted by molar-refractivity contribution is -0.112. The zero-order valence-electron chi connectivity index (χ0n) is 19.7. The Hall–Kier alpha value is -3.47. The Labute approximate surface area is 218 Å². The van der Waals surface area contributed by atoms with E-state index in [0.717, 1.165) is 10.0 Å². The van der Waals surface area contributed by atoms with Crippen LogP contribution in [0.5, 0.6) is 17.2 Å². The van der Waals surface area contributed by atoms with E-state index < -0.39 is 5.91 Å². The molecule has 180 valence electrons. The molecule has 6 nitrogen and oxygen atoms in total. The molecule has 0 aromatic heterocycles. The lowest BCUT2D eigenvalue weighted by atomic mass is 10.1. The molecule has 0 saturated carbocycles. The van der Waals surface area contributed by atoms with Crippen LogP contribution in [-0.2, 0) is 11.4 Å². The number of anilines is 1. The van der Waals surface area contributed by atoms with Gasteiger partial charge in [0.25, 0.3) is 5.91 Å². The standard InChI is InChI=1S/C27H24BrClN2O4/c1-16-5-6-18(9-17(16)2)15-35-24-8-7-21(28)11-19(24)10-20(14-30)27(32)31-23-13-25(33-3)22(29)12-26(23)34-4/h5-13H,15H2,1-4H3,(H,31,32)/b20-10+. The van der Waals surface area contributed by atoms with Gasteiger partial charge >= 0.3 is 0 Å². The summed E-state index contributed by atoms with van der Waals surface area (Å²) in [4.78, 5) is 13.0. The predicted octanol–water partition coefficient (Wildman–Crippen LogP) is 6.86. The Balaban J connectivity index is 1.88. The third kappa shape index (κ3) is 6.56. The van der Waals surface area contributed by atoms with Crippen molar-refractivity contribution in [2.45, 2.75) is 20.5 Å². The summed E-state index contributed by atoms with van der Waals surface area (Å²) in [5.41, 5.74) is 4.19. The van der Waals surface area contributed by atoms with E-state index in [2.05, 4.69) is 47.2 Å². The summed E-state index contributed by atoms with van der Waals surface area (Å²) in [6, 6.07) is 16.6. The highest BCUT2D eigenvalue weighted by atomic mass is 79.9. The molecule has 8 heteroatoms. The lowest BCUT2D eigenvalue weighted by Gasteiger charge is -2.13. The Bertz CT molecular complexity index is 1330. The fraction of sp³-hybridized carbons (Fsp3) is 0.185. The summed E-state index contributed by atoms with van der Waals surface area (Å²) < 4.78 is 17.3. The molecular formula is C27H24BrClN2O4. The Kier molecular flexibility index (Phi) is 8.80. The number of nitrogens with one attached hydrogen (secondary N) is 1. The van der Waals surface area contributed by atoms with Crippen molar-refractivity contribution >= 4 is 45.2 Å². The number of halogens is 2. The normalized spacial score (nSPS) is 10.9. The maximum absolute atomic E-state index is 13.0. The predicted molar refractivity (Wildman–Crippen MR) is 141 cm³/mol. The molecule has 0 radical (unpaired) electrons. The molecular weight excluding hydrogens is 532 g/mol. The smallest absolute Gasteiger partial charge is 0.266 e. The molecule has 3 rings (SSSR count). The van der Waals surface area contributed by atoms with Gasteiger partial charge in [0, 0.05) is 22.2 Å². The van der Waals surface area contributed by atoms with Crippen molar-refractivity contribution in [1.29, 1.82) is 5.26 Å². The number of hydrogen-bond donors (Lipinski definition) is 1. The van der Waals surface area contributed by atoms with Crippen molar-refractivity contribution in [3.05, 3.63) is 85.9 Å². The first-order valence-corrected chi connectivity index (χ1v) is 11.8. The molecule has 0 saturated heterocycles. The molecule has 0 fully saturated rings. The van der Waals surface area contributed by atoms with Gasteiger partial charge in [0.2, 0.25) is 0 Å². The molecule has 1 N–H and O–H groups in total. The summed E-state index contributed by atoms with van der Waals surface area (Å²) in [5, 5.41) is 12.7. The van der Waals surface area contributed by atoms with Gasteiger partial charge in [-0.2, -0.15) is 5.26 Å². The van der Waals surface area contributed by atoms with E-state index in [-0.39, 0.29) is 5.57 Å². The van der Waals surface area contributed by atoms with Gasteiger partial charge in [-0.1, -0.05) is 45.7 Å². The maximum Gasteiger partial charge on any atom is 0.266 e. The number of benzene rings is 3. The van der Waals surface area contributed by atoms with E-state index in [1.54, 1.807) is 12.1 Å². The summed E-state index contributed by atoms with van der Waals surface area (Å²) in [7, 11) is 2.92. The summed E-state index contributed by atoms with van der Waals surface area (Å²) >= 11 is 9.58. The van der Waals surface area contributed by atoms with Crippen LogP contribution in [0.2, 0.25) is 5.02 Å². The first-order valence-electron chi connectivity index (χ1n) is 10.6. The minimum atomic E-state index is -0.615. The molecule has 1 amide bonds. The van der Waals surface area contributed by atoms with Crippen LogP contribution < -0.4 is 19.5 Å². The third-order valence-corrected chi connectivity index (χ3v) is 6.11. The number of aryl methyl sites for hydroxylation is 2. The minimum Gasteiger partial charge on any atom is -0.495 e. The van der Waals surface area contributed by atoms with Crippen LogP contribution in [0.4, 0.5) is 5.69 Å². The highest BCUT2D eigenvalue weighted by molar-refractivity contribution is 9.10. The van der Waals surface area contributed by atoms with E-state index in [0.29, 0.717) is 40.1 Å². The first kappa shape index (κ1) is 26.1. The second-order valence-electron chi connectivity index (χ2n) is 7.70. The monoisotopic (exact) mass is 554 g/mol. The molecule has 0 aliphatic heterocycles. The van der Waals surface area contributed by atoms with Crippen molar-refractivity contribution < 1.29 is 19.0 Å². The van der Waals surface area contributed by atoms with Crippen LogP contribution in [-0.4, -0.2) is 20.1 Å². The zero-order valence-corrected chi connectivity index (χ0v) is 22.1. The molecule has 3 aromatic rings. The molecule has 0 unspecified atom stereocenters. The Morgan fingerprint density at radius 3 is 2.43 bits per heavy atom. The SMILES string of the molecule is COc1cc(NC(=O)/C(C#N)=C/c2cc(Br)ccc2OCc2ccc(C)c(C)c2)c(OC)cc1Cl. The summed E-state index contributed by atoms with van der Waals surface area (Å²) in [6.45, 7) is 4.46. The van der Waals surface area contributed by atoms with E-state index in [9.17, 15) is 10.1 Å². The summed E-state index contributed by atoms with van der Waals surface area (Å²) in [6.07, 6.45) is 1.48. The Morgan fingerprint density at radius 2 is 1.77 bits per heavy atom. The second-order valence-corrected chi connectivity index (χ2v) is 9.02. The fourth-order valence-corrected chi connectivity index (χ4v) is 3.88. The van der Waals surface area contributed by atoms with Crippen molar-refractivity contribution in [1.82, 2.24) is 0 Å². The van der Waals surface area contributed by atoms with Crippen molar-refractivity contribution in [2.75, 3.05) is 19.5 Å². The molecule has 0 heterocycles. The number of hydrogen-bond acceptors (Lipinski definition) is 5. The van der Waals surface area contributed by atoms with Crippen LogP contribution in [0, 0.1) is 25.2 Å². The number of ether oxygens (including phenoxy) is 3. The van der Waals surface area contributed by atoms with Crippen molar-refractivity contribution in [2.24, 2.45) is 0 Å². The zero-order chi connectivity index (χ0) is 25.5. The number of nitrogens with zero attached hydrogens (tertiary/aromatic N) is 1. The number of methoxy groups -OCH3 is 2. The number of carbonyl (C=O) groups excluding carboxylic acids is 1. The van der Waals surface area contributed by atoms with Gasteiger partial charge in [-0.3, -0.25) is 4.79 Å². The van der Waals surface area contributed by atoms with Gasteiger partial charge in [-0.15, -0.1) is 0 Å². The van der Waals surface area contributed by atoms with Crippen molar-refractivity contribution in [3.63, 3.8) is 0 Å². The van der Waals surface area contributed by atoms with Gasteiger partial charge in [0.1, 0.15) is 35.5 Å². The average molecular weight is 556 g/mol. The number of amides is 1. The first-order chi connectivity index (χ1) is 16.7. The maximum atomic E-state index is 13.0. The largest absolute Gasteiger partial charge is 0.495 e. The average Bonchev–Trinajstić information content (AvgIpc) is 2.84. The quantitative estimate of drug-likeness (QED) is 0.243. The van der Waals surface area contributed by atoms with Gasteiger partial charge in [-0.05, 0) is 54.8 Å². The number of rotatable bonds is 8. The van der Waals surface area contributed by atoms with Gasteiger partial charge < -0.3 is 19.5 Å². The van der Waals surface area contributed by atoms with Crippen LogP contribution in [0.25, 0.3) is 6.08 Å². The number of nitriles is 1. The molecule has 0 bridgehead atoms. The van der Waals surface area contributed by atoms with Gasteiger partial charge in [0.05, 0.1) is 24.9 Å². The van der Waals surface area contributed by atoms with Crippen LogP contribution in [0.15, 0.2) is 58.6 Å². The van der Waals surface area contributed by atoms with Gasteiger partial charge in [0.15, 0.2) is 0 Å². The van der Waals surface area contributed by atoms with E-state index in [1.165, 1.54) is 43.6 Å². The number of carbonyl (C=O) groups is 1. The van der Waals surface area contributed by atoms with E-state index in [4.69, 9.17) is 25.8 Å². The Morgan fingerprint density at radius 1 is 1.03 bits per heavy atom. The molecule has 35 heavy (non-hydrogen) atoms. The molecule has 0 aliphatic rings. The van der Waals surface area contributed by atoms with E-state index >= 15 is 0 Å². The van der Waals surface area contributed by atoms with Crippen LogP contribution in [0.1, 0.15) is 22.3 Å². The van der Waals surface area contributed by atoms with Gasteiger partial charge in [-0.25, -0.2) is 0 Å². The van der Waals surface area contributed by atoms with E-state index in [1.807, 2.05) is 18.2 Å². The topological polar surface area (TPSA) is 80.6 Å². The highest BCUT2D eigenvalue weighted by Crippen LogP contribution is 2.36. The molecule has 0 atom stereocenters. The van der Waals surface area contributed by atoms with Crippen LogP contribution >= 0.6 is 27.5 Å². The fourth-order valence-electron chi connectivity index (χ4n) is 3.27. The second kappa shape index (κ2) is 11.8. The molecule has 0 aliphatic carbocycles. The lowest BCUT2D eigenvalue weighted by Crippen LogP contribution is -2.14. The minimum absolute atomic E-state index is 0.116. The molecule has 0 spiro atoms.